The molecule has 0 bridgehead atoms. The topological polar surface area (TPSA) is 63.0 Å². The summed E-state index contributed by atoms with van der Waals surface area (Å²) in [6.45, 7) is 7.75. The van der Waals surface area contributed by atoms with E-state index in [1.807, 2.05) is 48.3 Å². The molecule has 0 unspecified atom stereocenters. The first kappa shape index (κ1) is 15.1. The van der Waals surface area contributed by atoms with E-state index in [4.69, 9.17) is 0 Å². The zero-order valence-corrected chi connectivity index (χ0v) is 14.6. The van der Waals surface area contributed by atoms with Gasteiger partial charge in [-0.25, -0.2) is 9.67 Å². The molecule has 0 atom stereocenters. The molecule has 7 nitrogen and oxygen atoms in total. The molecule has 3 aromatic heterocycles. The molecule has 0 aliphatic carbocycles. The van der Waals surface area contributed by atoms with Crippen molar-refractivity contribution in [3.05, 3.63) is 41.2 Å². The van der Waals surface area contributed by atoms with Gasteiger partial charge in [0.05, 0.1) is 5.69 Å². The van der Waals surface area contributed by atoms with Crippen LogP contribution in [0, 0.1) is 13.8 Å². The van der Waals surface area contributed by atoms with E-state index in [9.17, 15) is 0 Å². The summed E-state index contributed by atoms with van der Waals surface area (Å²) in [5.41, 5.74) is 2.04. The van der Waals surface area contributed by atoms with Crippen molar-refractivity contribution in [2.24, 2.45) is 0 Å². The fourth-order valence-corrected chi connectivity index (χ4v) is 3.66. The number of anilines is 2. The third kappa shape index (κ3) is 2.84. The summed E-state index contributed by atoms with van der Waals surface area (Å²) in [5.74, 6) is 1.67. The van der Waals surface area contributed by atoms with Crippen LogP contribution in [0.25, 0.3) is 5.82 Å². The van der Waals surface area contributed by atoms with Gasteiger partial charge >= 0.3 is 0 Å². The van der Waals surface area contributed by atoms with Crippen LogP contribution in [0.2, 0.25) is 0 Å². The average Bonchev–Trinajstić information content (AvgIpc) is 3.25. The first-order valence-electron chi connectivity index (χ1n) is 7.97. The summed E-state index contributed by atoms with van der Waals surface area (Å²) in [5, 5.41) is 16.3. The highest BCUT2D eigenvalue weighted by molar-refractivity contribution is 7.13. The summed E-state index contributed by atoms with van der Waals surface area (Å²) in [7, 11) is 0. The molecule has 3 aromatic rings. The van der Waals surface area contributed by atoms with Gasteiger partial charge in [-0.1, -0.05) is 0 Å². The van der Waals surface area contributed by atoms with E-state index in [0.717, 1.165) is 54.3 Å². The molecule has 0 spiro atoms. The Kier molecular flexibility index (Phi) is 3.89. The maximum Gasteiger partial charge on any atom is 0.185 e. The summed E-state index contributed by atoms with van der Waals surface area (Å²) in [6.07, 6.45) is 1.86. The lowest BCUT2D eigenvalue weighted by Gasteiger charge is -2.34. The van der Waals surface area contributed by atoms with Gasteiger partial charge in [-0.2, -0.15) is 5.10 Å². The molecule has 124 valence electrons. The Morgan fingerprint density at radius 3 is 2.25 bits per heavy atom. The molecule has 0 aromatic carbocycles. The van der Waals surface area contributed by atoms with Gasteiger partial charge in [0.15, 0.2) is 16.8 Å². The van der Waals surface area contributed by atoms with Gasteiger partial charge in [-0.05, 0) is 32.0 Å². The Balaban J connectivity index is 1.45. The van der Waals surface area contributed by atoms with Crippen LogP contribution in [0.3, 0.4) is 0 Å². The van der Waals surface area contributed by atoms with Gasteiger partial charge in [0, 0.05) is 43.4 Å². The van der Waals surface area contributed by atoms with Crippen molar-refractivity contribution in [1.82, 2.24) is 25.0 Å². The molecule has 1 saturated heterocycles. The quantitative estimate of drug-likeness (QED) is 0.727. The van der Waals surface area contributed by atoms with Gasteiger partial charge in [0.25, 0.3) is 0 Å². The lowest BCUT2D eigenvalue weighted by Crippen LogP contribution is -2.46. The number of rotatable bonds is 3. The minimum Gasteiger partial charge on any atom is -0.352 e. The van der Waals surface area contributed by atoms with Crippen molar-refractivity contribution in [3.8, 4) is 5.82 Å². The van der Waals surface area contributed by atoms with Crippen LogP contribution in [0.4, 0.5) is 10.9 Å². The molecular weight excluding hydrogens is 322 g/mol. The molecule has 24 heavy (non-hydrogen) atoms. The SMILES string of the molecule is Cc1cc(C)n(-c2ccc(N3CCN(c4nccs4)CC3)nn2)n1. The van der Waals surface area contributed by atoms with Crippen molar-refractivity contribution in [1.29, 1.82) is 0 Å². The van der Waals surface area contributed by atoms with Crippen LogP contribution in [0.1, 0.15) is 11.4 Å². The minimum absolute atomic E-state index is 0.755. The number of thiazole rings is 1. The van der Waals surface area contributed by atoms with Crippen LogP contribution in [0.5, 0.6) is 0 Å². The molecule has 1 aliphatic rings. The second-order valence-electron chi connectivity index (χ2n) is 5.88. The summed E-state index contributed by atoms with van der Waals surface area (Å²) < 4.78 is 1.83. The number of aryl methyl sites for hydroxylation is 2. The van der Waals surface area contributed by atoms with Crippen LogP contribution in [0.15, 0.2) is 29.8 Å². The van der Waals surface area contributed by atoms with Crippen LogP contribution < -0.4 is 9.80 Å². The minimum atomic E-state index is 0.755. The third-order valence-electron chi connectivity index (χ3n) is 4.16. The Morgan fingerprint density at radius 2 is 1.67 bits per heavy atom. The van der Waals surface area contributed by atoms with Crippen molar-refractivity contribution < 1.29 is 0 Å². The first-order chi connectivity index (χ1) is 11.7. The van der Waals surface area contributed by atoms with E-state index in [1.165, 1.54) is 0 Å². The molecule has 1 aliphatic heterocycles. The van der Waals surface area contributed by atoms with Crippen molar-refractivity contribution in [3.63, 3.8) is 0 Å². The number of piperazine rings is 1. The lowest BCUT2D eigenvalue weighted by atomic mass is 10.3. The molecule has 4 rings (SSSR count). The molecule has 0 radical (unpaired) electrons. The molecule has 1 fully saturated rings. The zero-order chi connectivity index (χ0) is 16.5. The van der Waals surface area contributed by atoms with Crippen LogP contribution in [-0.2, 0) is 0 Å². The summed E-state index contributed by atoms with van der Waals surface area (Å²) >= 11 is 1.69. The zero-order valence-electron chi connectivity index (χ0n) is 13.8. The monoisotopic (exact) mass is 341 g/mol. The van der Waals surface area contributed by atoms with E-state index in [1.54, 1.807) is 11.3 Å². The standard InChI is InChI=1S/C16H19N7S/c1-12-11-13(2)23(20-12)15-4-3-14(18-19-15)21-6-8-22(9-7-21)16-17-5-10-24-16/h3-5,10-11H,6-9H2,1-2H3. The van der Waals surface area contributed by atoms with Gasteiger partial charge in [0.2, 0.25) is 0 Å². The Labute approximate surface area is 144 Å². The molecule has 4 heterocycles. The maximum absolute atomic E-state index is 4.45. The summed E-state index contributed by atoms with van der Waals surface area (Å²) in [6, 6.07) is 6.04. The normalized spacial score (nSPS) is 15.1. The van der Waals surface area contributed by atoms with E-state index < -0.39 is 0 Å². The van der Waals surface area contributed by atoms with Gasteiger partial charge in [0.1, 0.15) is 0 Å². The lowest BCUT2D eigenvalue weighted by molar-refractivity contribution is 0.640. The molecule has 0 amide bonds. The Hall–Kier alpha value is -2.48. The smallest absolute Gasteiger partial charge is 0.185 e. The molecule has 8 heteroatoms. The summed E-state index contributed by atoms with van der Waals surface area (Å²) in [4.78, 5) is 8.97. The van der Waals surface area contributed by atoms with Crippen LogP contribution in [-0.4, -0.2) is 51.1 Å². The van der Waals surface area contributed by atoms with Gasteiger partial charge in [-0.15, -0.1) is 21.5 Å². The highest BCUT2D eigenvalue weighted by atomic mass is 32.1. The predicted octanol–water partition coefficient (Wildman–Crippen LogP) is 2.06. The highest BCUT2D eigenvalue weighted by Gasteiger charge is 2.20. The van der Waals surface area contributed by atoms with Crippen molar-refractivity contribution in [2.75, 3.05) is 36.0 Å². The Morgan fingerprint density at radius 1 is 0.958 bits per heavy atom. The van der Waals surface area contributed by atoms with E-state index in [0.29, 0.717) is 0 Å². The number of hydrogen-bond donors (Lipinski definition) is 0. The molecule has 0 saturated carbocycles. The van der Waals surface area contributed by atoms with E-state index >= 15 is 0 Å². The predicted molar refractivity (Wildman–Crippen MR) is 95.2 cm³/mol. The van der Waals surface area contributed by atoms with Crippen LogP contribution >= 0.6 is 11.3 Å². The van der Waals surface area contributed by atoms with E-state index in [-0.39, 0.29) is 0 Å². The number of hydrogen-bond acceptors (Lipinski definition) is 7. The second kappa shape index (κ2) is 6.20. The first-order valence-corrected chi connectivity index (χ1v) is 8.85. The average molecular weight is 341 g/mol. The Bertz CT molecular complexity index is 802. The maximum atomic E-state index is 4.45. The number of aromatic nitrogens is 5. The molecule has 0 N–H and O–H groups in total. The highest BCUT2D eigenvalue weighted by Crippen LogP contribution is 2.21. The van der Waals surface area contributed by atoms with Gasteiger partial charge < -0.3 is 9.80 Å². The van der Waals surface area contributed by atoms with Crippen molar-refractivity contribution in [2.45, 2.75) is 13.8 Å². The fraction of sp³-hybridized carbons (Fsp3) is 0.375. The van der Waals surface area contributed by atoms with Gasteiger partial charge in [-0.3, -0.25) is 0 Å². The third-order valence-corrected chi connectivity index (χ3v) is 4.99. The second-order valence-corrected chi connectivity index (χ2v) is 6.75. The largest absolute Gasteiger partial charge is 0.352 e. The van der Waals surface area contributed by atoms with E-state index in [2.05, 4.69) is 30.1 Å². The fourth-order valence-electron chi connectivity index (χ4n) is 2.96. The van der Waals surface area contributed by atoms with Crippen molar-refractivity contribution >= 4 is 22.3 Å². The molecular formula is C16H19N7S. The number of nitrogens with zero attached hydrogens (tertiary/aromatic N) is 7.